The van der Waals surface area contributed by atoms with Crippen LogP contribution in [0.2, 0.25) is 0 Å². The summed E-state index contributed by atoms with van der Waals surface area (Å²) in [4.78, 5) is 26.5. The molecule has 0 aromatic heterocycles. The molecule has 1 aliphatic rings. The highest BCUT2D eigenvalue weighted by Crippen LogP contribution is 2.23. The van der Waals surface area contributed by atoms with Crippen LogP contribution < -0.4 is 11.1 Å². The van der Waals surface area contributed by atoms with Crippen molar-refractivity contribution in [1.82, 2.24) is 10.2 Å². The number of nitrogens with zero attached hydrogens (tertiary/aromatic N) is 1. The Labute approximate surface area is 169 Å². The Bertz CT molecular complexity index is 611. The van der Waals surface area contributed by atoms with Gasteiger partial charge in [0.2, 0.25) is 11.8 Å². The third-order valence-corrected chi connectivity index (χ3v) is 5.04. The number of carbonyl (C=O) groups is 2. The third-order valence-electron chi connectivity index (χ3n) is 5.04. The molecule has 27 heavy (non-hydrogen) atoms. The molecule has 152 valence electrons. The van der Waals surface area contributed by atoms with E-state index in [1.165, 1.54) is 11.1 Å². The Balaban J connectivity index is 0.00000364. The number of benzene rings is 1. The summed E-state index contributed by atoms with van der Waals surface area (Å²) in [6.45, 7) is 8.80. The lowest BCUT2D eigenvalue weighted by Gasteiger charge is -2.32. The zero-order valence-electron chi connectivity index (χ0n) is 16.8. The third kappa shape index (κ3) is 7.15. The van der Waals surface area contributed by atoms with Crippen molar-refractivity contribution in [2.45, 2.75) is 51.9 Å². The highest BCUT2D eigenvalue weighted by atomic mass is 35.5. The highest BCUT2D eigenvalue weighted by Gasteiger charge is 2.27. The van der Waals surface area contributed by atoms with Gasteiger partial charge in [-0.2, -0.15) is 0 Å². The molecule has 0 aliphatic carbocycles. The number of hydrogen-bond acceptors (Lipinski definition) is 3. The Morgan fingerprint density at radius 1 is 1.22 bits per heavy atom. The average Bonchev–Trinajstić information content (AvgIpc) is 2.63. The lowest BCUT2D eigenvalue weighted by molar-refractivity contribution is -0.135. The highest BCUT2D eigenvalue weighted by molar-refractivity contribution is 5.85. The lowest BCUT2D eigenvalue weighted by Crippen LogP contribution is -2.46. The SMILES string of the molecule is CC(C)(C)c1ccc(CCC(=O)N2CCCC(C(=O)NCCN)C2)cc1.Cl. The van der Waals surface area contributed by atoms with E-state index >= 15 is 0 Å². The van der Waals surface area contributed by atoms with E-state index in [0.29, 0.717) is 26.1 Å². The topological polar surface area (TPSA) is 75.4 Å². The normalized spacial score (nSPS) is 17.2. The van der Waals surface area contributed by atoms with Gasteiger partial charge >= 0.3 is 0 Å². The molecule has 0 bridgehead atoms. The summed E-state index contributed by atoms with van der Waals surface area (Å²) in [5.41, 5.74) is 8.05. The van der Waals surface area contributed by atoms with Crippen molar-refractivity contribution in [3.05, 3.63) is 35.4 Å². The number of piperidine rings is 1. The summed E-state index contributed by atoms with van der Waals surface area (Å²) in [5, 5.41) is 2.83. The maximum Gasteiger partial charge on any atom is 0.224 e. The maximum absolute atomic E-state index is 12.6. The van der Waals surface area contributed by atoms with E-state index in [1.54, 1.807) is 0 Å². The molecular weight excluding hydrogens is 362 g/mol. The summed E-state index contributed by atoms with van der Waals surface area (Å²) in [7, 11) is 0. The number of amides is 2. The molecule has 2 amide bonds. The average molecular weight is 396 g/mol. The van der Waals surface area contributed by atoms with Gasteiger partial charge in [0.1, 0.15) is 0 Å². The first-order chi connectivity index (χ1) is 12.3. The van der Waals surface area contributed by atoms with E-state index < -0.39 is 0 Å². The number of aryl methyl sites for hydroxylation is 1. The largest absolute Gasteiger partial charge is 0.355 e. The standard InChI is InChI=1S/C21H33N3O2.ClH/c1-21(2,3)18-9-6-16(7-10-18)8-11-19(25)24-14-4-5-17(15-24)20(26)23-13-12-22;/h6-7,9-10,17H,4-5,8,11-15,22H2,1-3H3,(H,23,26);1H. The smallest absolute Gasteiger partial charge is 0.224 e. The molecule has 0 saturated carbocycles. The van der Waals surface area contributed by atoms with Gasteiger partial charge in [-0.1, -0.05) is 45.0 Å². The Morgan fingerprint density at radius 2 is 1.89 bits per heavy atom. The van der Waals surface area contributed by atoms with E-state index in [9.17, 15) is 9.59 Å². The van der Waals surface area contributed by atoms with Crippen molar-refractivity contribution in [3.63, 3.8) is 0 Å². The molecule has 6 heteroatoms. The number of rotatable bonds is 6. The predicted octanol–water partition coefficient (Wildman–Crippen LogP) is 2.65. The van der Waals surface area contributed by atoms with Gasteiger partial charge in [0, 0.05) is 32.6 Å². The molecule has 0 spiro atoms. The van der Waals surface area contributed by atoms with Crippen molar-refractivity contribution in [2.24, 2.45) is 11.7 Å². The number of nitrogens with one attached hydrogen (secondary N) is 1. The zero-order valence-corrected chi connectivity index (χ0v) is 17.6. The summed E-state index contributed by atoms with van der Waals surface area (Å²) >= 11 is 0. The summed E-state index contributed by atoms with van der Waals surface area (Å²) in [6, 6.07) is 8.54. The first-order valence-corrected chi connectivity index (χ1v) is 9.66. The van der Waals surface area contributed by atoms with Crippen molar-refractivity contribution in [1.29, 1.82) is 0 Å². The van der Waals surface area contributed by atoms with Gasteiger partial charge < -0.3 is 16.0 Å². The second-order valence-electron chi connectivity index (χ2n) is 8.21. The minimum absolute atomic E-state index is 0. The number of nitrogens with two attached hydrogens (primary N) is 1. The lowest BCUT2D eigenvalue weighted by atomic mass is 9.86. The van der Waals surface area contributed by atoms with E-state index in [-0.39, 0.29) is 35.6 Å². The van der Waals surface area contributed by atoms with Gasteiger partial charge in [-0.3, -0.25) is 9.59 Å². The second kappa shape index (κ2) is 10.7. The molecule has 1 fully saturated rings. The van der Waals surface area contributed by atoms with Gasteiger partial charge in [0.05, 0.1) is 5.92 Å². The van der Waals surface area contributed by atoms with Crippen molar-refractivity contribution < 1.29 is 9.59 Å². The minimum atomic E-state index is -0.106. The van der Waals surface area contributed by atoms with Crippen LogP contribution in [0.15, 0.2) is 24.3 Å². The van der Waals surface area contributed by atoms with Crippen LogP contribution in [0, 0.1) is 5.92 Å². The fourth-order valence-electron chi connectivity index (χ4n) is 3.34. The molecule has 1 atom stereocenters. The van der Waals surface area contributed by atoms with Gasteiger partial charge in [-0.05, 0) is 35.8 Å². The number of halogens is 1. The van der Waals surface area contributed by atoms with E-state index in [1.807, 2.05) is 4.90 Å². The Kier molecular flexibility index (Phi) is 9.27. The van der Waals surface area contributed by atoms with Crippen molar-refractivity contribution >= 4 is 24.2 Å². The van der Waals surface area contributed by atoms with Crippen molar-refractivity contribution in [2.75, 3.05) is 26.2 Å². The monoisotopic (exact) mass is 395 g/mol. The fraction of sp³-hybridized carbons (Fsp3) is 0.619. The summed E-state index contributed by atoms with van der Waals surface area (Å²) in [5.74, 6) is 0.0530. The number of likely N-dealkylation sites (tertiary alicyclic amines) is 1. The molecular formula is C21H34ClN3O2. The Morgan fingerprint density at radius 3 is 2.48 bits per heavy atom. The second-order valence-corrected chi connectivity index (χ2v) is 8.21. The maximum atomic E-state index is 12.6. The molecule has 2 rings (SSSR count). The fourth-order valence-corrected chi connectivity index (χ4v) is 3.34. The van der Waals surface area contributed by atoms with Crippen LogP contribution in [0.1, 0.15) is 51.2 Å². The van der Waals surface area contributed by atoms with Crippen molar-refractivity contribution in [3.8, 4) is 0 Å². The van der Waals surface area contributed by atoms with Gasteiger partial charge in [-0.15, -0.1) is 12.4 Å². The molecule has 3 N–H and O–H groups in total. The summed E-state index contributed by atoms with van der Waals surface area (Å²) in [6.07, 6.45) is 2.96. The van der Waals surface area contributed by atoms with Crippen LogP contribution in [0.25, 0.3) is 0 Å². The quantitative estimate of drug-likeness (QED) is 0.777. The van der Waals surface area contributed by atoms with Crippen LogP contribution in [0.3, 0.4) is 0 Å². The number of carbonyl (C=O) groups excluding carboxylic acids is 2. The Hall–Kier alpha value is -1.59. The molecule has 1 aromatic rings. The zero-order chi connectivity index (χ0) is 19.2. The van der Waals surface area contributed by atoms with E-state index in [2.05, 4.69) is 50.4 Å². The van der Waals surface area contributed by atoms with Crippen LogP contribution in [0.5, 0.6) is 0 Å². The number of hydrogen-bond donors (Lipinski definition) is 2. The predicted molar refractivity (Wildman–Crippen MR) is 112 cm³/mol. The molecule has 0 radical (unpaired) electrons. The van der Waals surface area contributed by atoms with Crippen LogP contribution in [-0.2, 0) is 21.4 Å². The molecule has 1 heterocycles. The molecule has 1 unspecified atom stereocenters. The van der Waals surface area contributed by atoms with Crippen LogP contribution in [0.4, 0.5) is 0 Å². The minimum Gasteiger partial charge on any atom is -0.355 e. The molecule has 1 aromatic carbocycles. The van der Waals surface area contributed by atoms with Gasteiger partial charge in [0.15, 0.2) is 0 Å². The first kappa shape index (κ1) is 23.4. The van der Waals surface area contributed by atoms with Gasteiger partial charge in [-0.25, -0.2) is 0 Å². The first-order valence-electron chi connectivity index (χ1n) is 9.66. The summed E-state index contributed by atoms with van der Waals surface area (Å²) < 4.78 is 0. The van der Waals surface area contributed by atoms with E-state index in [0.717, 1.165) is 25.8 Å². The van der Waals surface area contributed by atoms with Crippen LogP contribution in [-0.4, -0.2) is 42.9 Å². The molecule has 1 aliphatic heterocycles. The molecule has 5 nitrogen and oxygen atoms in total. The van der Waals surface area contributed by atoms with E-state index in [4.69, 9.17) is 5.73 Å². The van der Waals surface area contributed by atoms with Gasteiger partial charge in [0.25, 0.3) is 0 Å². The molecule has 1 saturated heterocycles. The van der Waals surface area contributed by atoms with Crippen LogP contribution >= 0.6 is 12.4 Å².